The van der Waals surface area contributed by atoms with Crippen molar-refractivity contribution in [3.63, 3.8) is 0 Å². The molecule has 1 aliphatic carbocycles. The molecule has 3 aromatic rings. The molecule has 2 nitrogen and oxygen atoms in total. The minimum Gasteiger partial charge on any atom is -0.343 e. The highest BCUT2D eigenvalue weighted by atomic mass is 16.1. The Kier molecular flexibility index (Phi) is 3.84. The third-order valence-electron chi connectivity index (χ3n) is 5.50. The molecule has 0 N–H and O–H groups in total. The molecule has 2 aliphatic rings. The molecule has 1 heterocycles. The van der Waals surface area contributed by atoms with Gasteiger partial charge in [-0.15, -0.1) is 0 Å². The molecule has 28 heavy (non-hydrogen) atoms. The Balaban J connectivity index is 2.08. The van der Waals surface area contributed by atoms with E-state index in [4.69, 9.17) is 0 Å². The summed E-state index contributed by atoms with van der Waals surface area (Å²) in [7, 11) is 2.11. The lowest BCUT2D eigenvalue weighted by molar-refractivity contribution is -0.104. The first-order valence-corrected chi connectivity index (χ1v) is 9.40. The van der Waals surface area contributed by atoms with Crippen LogP contribution in [0.15, 0.2) is 84.9 Å². The van der Waals surface area contributed by atoms with E-state index in [1.807, 2.05) is 12.1 Å². The number of carbonyl (C=O) groups excluding carboxylic acids is 1. The van der Waals surface area contributed by atoms with Crippen LogP contribution in [-0.4, -0.2) is 10.9 Å². The molecule has 0 fully saturated rings. The second-order valence-corrected chi connectivity index (χ2v) is 7.00. The first kappa shape index (κ1) is 16.5. The Bertz CT molecular complexity index is 1330. The number of hydrogen-bond donors (Lipinski definition) is 0. The van der Waals surface area contributed by atoms with E-state index in [1.54, 1.807) is 6.08 Å². The summed E-state index contributed by atoms with van der Waals surface area (Å²) < 4.78 is 2.25. The van der Waals surface area contributed by atoms with Gasteiger partial charge < -0.3 is 4.57 Å². The summed E-state index contributed by atoms with van der Waals surface area (Å²) in [6.07, 6.45) is 4.35. The van der Waals surface area contributed by atoms with Crippen LogP contribution >= 0.6 is 0 Å². The van der Waals surface area contributed by atoms with Crippen molar-refractivity contribution in [2.45, 2.75) is 0 Å². The van der Waals surface area contributed by atoms with Crippen molar-refractivity contribution in [2.75, 3.05) is 0 Å². The molecule has 0 atom stereocenters. The minimum absolute atomic E-state index is 0.840. The molecular weight excluding hydrogens is 342 g/mol. The first-order valence-electron chi connectivity index (χ1n) is 9.40. The average Bonchev–Trinajstić information content (AvgIpc) is 3.08. The number of aromatic nitrogens is 1. The number of hydrogen-bond acceptors (Lipinski definition) is 1. The van der Waals surface area contributed by atoms with Gasteiger partial charge in [0.15, 0.2) is 0 Å². The van der Waals surface area contributed by atoms with E-state index in [-0.39, 0.29) is 0 Å². The zero-order chi connectivity index (χ0) is 19.1. The van der Waals surface area contributed by atoms with Crippen LogP contribution in [0.1, 0.15) is 5.56 Å². The van der Waals surface area contributed by atoms with Crippen molar-refractivity contribution in [1.82, 2.24) is 4.57 Å². The van der Waals surface area contributed by atoms with Crippen molar-refractivity contribution in [1.29, 1.82) is 0 Å². The highest BCUT2D eigenvalue weighted by Crippen LogP contribution is 2.48. The van der Waals surface area contributed by atoms with Gasteiger partial charge >= 0.3 is 0 Å². The molecule has 1 aliphatic heterocycles. The predicted molar refractivity (Wildman–Crippen MR) is 118 cm³/mol. The van der Waals surface area contributed by atoms with Gasteiger partial charge in [-0.05, 0) is 34.6 Å². The van der Waals surface area contributed by atoms with Crippen LogP contribution in [0.5, 0.6) is 0 Å². The van der Waals surface area contributed by atoms with Gasteiger partial charge in [0.05, 0.1) is 5.69 Å². The summed E-state index contributed by atoms with van der Waals surface area (Å²) in [6, 6.07) is 27.5. The van der Waals surface area contributed by atoms with Gasteiger partial charge in [0.2, 0.25) is 0 Å². The number of pyridine rings is 1. The van der Waals surface area contributed by atoms with Gasteiger partial charge in [0.25, 0.3) is 0 Å². The van der Waals surface area contributed by atoms with Crippen molar-refractivity contribution < 1.29 is 4.79 Å². The number of carbonyl (C=O) groups is 1. The molecule has 2 heteroatoms. The second-order valence-electron chi connectivity index (χ2n) is 7.00. The first-order chi connectivity index (χ1) is 13.8. The van der Waals surface area contributed by atoms with Gasteiger partial charge in [-0.2, -0.15) is 0 Å². The Morgan fingerprint density at radius 3 is 2.11 bits per heavy atom. The summed E-state index contributed by atoms with van der Waals surface area (Å²) in [5, 5.41) is 3.60. The summed E-state index contributed by atoms with van der Waals surface area (Å²) in [5.74, 6) is 0. The van der Waals surface area contributed by atoms with Crippen molar-refractivity contribution >= 4 is 34.0 Å². The third-order valence-corrected chi connectivity index (χ3v) is 5.50. The van der Waals surface area contributed by atoms with E-state index in [0.29, 0.717) is 0 Å². The predicted octanol–water partition coefficient (Wildman–Crippen LogP) is 6.32. The molecule has 0 saturated carbocycles. The number of aldehydes is 1. The largest absolute Gasteiger partial charge is 0.343 e. The lowest BCUT2D eigenvalue weighted by Crippen LogP contribution is -2.02. The maximum absolute atomic E-state index is 11.1. The van der Waals surface area contributed by atoms with E-state index >= 15 is 0 Å². The van der Waals surface area contributed by atoms with E-state index in [0.717, 1.165) is 17.5 Å². The molecule has 0 aromatic heterocycles. The van der Waals surface area contributed by atoms with Gasteiger partial charge in [-0.1, -0.05) is 72.8 Å². The standard InChI is InChI=1S/C26H19NO/c1-27-23-16-8-7-14-22(23)24(18-10-3-2-4-11-18)25-20-13-6-5-12-19(20)21(26(25)27)15-9-17-28/h2-17H,1H3/b15-9+. The summed E-state index contributed by atoms with van der Waals surface area (Å²) in [5.41, 5.74) is 7.08. The molecule has 0 radical (unpaired) electrons. The van der Waals surface area contributed by atoms with Crippen molar-refractivity contribution in [3.05, 3.63) is 90.5 Å². The lowest BCUT2D eigenvalue weighted by atomic mass is 9.92. The maximum atomic E-state index is 11.1. The van der Waals surface area contributed by atoms with Crippen molar-refractivity contribution in [2.24, 2.45) is 7.05 Å². The fourth-order valence-electron chi connectivity index (χ4n) is 4.37. The molecule has 134 valence electrons. The van der Waals surface area contributed by atoms with Crippen LogP contribution in [0.3, 0.4) is 0 Å². The fraction of sp³-hybridized carbons (Fsp3) is 0.0385. The smallest absolute Gasteiger partial charge is 0.142 e. The number of para-hydroxylation sites is 1. The van der Waals surface area contributed by atoms with E-state index in [2.05, 4.69) is 84.4 Å². The molecule has 5 rings (SSSR count). The molecule has 0 unspecified atom stereocenters. The number of aryl methyl sites for hydroxylation is 1. The normalized spacial score (nSPS) is 11.8. The maximum Gasteiger partial charge on any atom is 0.142 e. The van der Waals surface area contributed by atoms with Crippen LogP contribution in [0.4, 0.5) is 0 Å². The Hall–Kier alpha value is -3.65. The van der Waals surface area contributed by atoms with Gasteiger partial charge in [-0.25, -0.2) is 0 Å². The summed E-state index contributed by atoms with van der Waals surface area (Å²) in [6.45, 7) is 0. The van der Waals surface area contributed by atoms with Crippen LogP contribution in [-0.2, 0) is 11.8 Å². The lowest BCUT2D eigenvalue weighted by Gasteiger charge is -2.20. The van der Waals surface area contributed by atoms with Gasteiger partial charge in [-0.3, -0.25) is 4.79 Å². The quantitative estimate of drug-likeness (QED) is 0.272. The molecule has 0 amide bonds. The summed E-state index contributed by atoms with van der Waals surface area (Å²) in [4.78, 5) is 11.1. The van der Waals surface area contributed by atoms with E-state index in [9.17, 15) is 4.79 Å². The zero-order valence-electron chi connectivity index (χ0n) is 15.6. The molecule has 3 aromatic carbocycles. The topological polar surface area (TPSA) is 22.0 Å². The summed E-state index contributed by atoms with van der Waals surface area (Å²) >= 11 is 0. The van der Waals surface area contributed by atoms with Crippen LogP contribution in [0.2, 0.25) is 0 Å². The SMILES string of the molecule is Cn1c2c(/C=C/C=O)c3ccccc3c-2c(-c2ccccc2)c2ccccc21. The van der Waals surface area contributed by atoms with Crippen LogP contribution < -0.4 is 0 Å². The Morgan fingerprint density at radius 2 is 1.36 bits per heavy atom. The van der Waals surface area contributed by atoms with Gasteiger partial charge in [0, 0.05) is 34.6 Å². The monoisotopic (exact) mass is 361 g/mol. The molecule has 0 spiro atoms. The average molecular weight is 361 g/mol. The van der Waals surface area contributed by atoms with Crippen LogP contribution in [0, 0.1) is 0 Å². The van der Waals surface area contributed by atoms with E-state index < -0.39 is 0 Å². The number of nitrogens with zero attached hydrogens (tertiary/aromatic N) is 1. The highest BCUT2D eigenvalue weighted by molar-refractivity contribution is 6.18. The Morgan fingerprint density at radius 1 is 0.714 bits per heavy atom. The molecule has 0 saturated heterocycles. The highest BCUT2D eigenvalue weighted by Gasteiger charge is 2.24. The number of allylic oxidation sites excluding steroid dienone is 1. The second kappa shape index (κ2) is 6.50. The number of rotatable bonds is 3. The third kappa shape index (κ3) is 2.31. The minimum atomic E-state index is 0.840. The van der Waals surface area contributed by atoms with Gasteiger partial charge in [0.1, 0.15) is 6.29 Å². The fourth-order valence-corrected chi connectivity index (χ4v) is 4.37. The molecular formula is C26H19NO. The Labute approximate surface area is 163 Å². The van der Waals surface area contributed by atoms with Crippen LogP contribution in [0.25, 0.3) is 50.1 Å². The van der Waals surface area contributed by atoms with E-state index in [1.165, 1.54) is 38.4 Å². The molecule has 0 bridgehead atoms. The number of fused-ring (bicyclic) bond motifs is 4. The van der Waals surface area contributed by atoms with Crippen molar-refractivity contribution in [3.8, 4) is 22.4 Å². The zero-order valence-corrected chi connectivity index (χ0v) is 15.6. The number of benzene rings is 3.